The van der Waals surface area contributed by atoms with Crippen LogP contribution in [0.25, 0.3) is 0 Å². The van der Waals surface area contributed by atoms with Crippen molar-refractivity contribution in [3.8, 4) is 0 Å². The highest BCUT2D eigenvalue weighted by Gasteiger charge is 2.42. The van der Waals surface area contributed by atoms with Gasteiger partial charge in [-0.3, -0.25) is 10.2 Å². The van der Waals surface area contributed by atoms with Crippen molar-refractivity contribution < 1.29 is 24.9 Å². The van der Waals surface area contributed by atoms with Crippen LogP contribution < -0.4 is 11.3 Å². The zero-order chi connectivity index (χ0) is 10.0. The number of rotatable bonds is 1. The van der Waals surface area contributed by atoms with Crippen molar-refractivity contribution in [3.05, 3.63) is 6.10 Å². The Bertz CT molecular complexity index is 199. The first kappa shape index (κ1) is 10.4. The summed E-state index contributed by atoms with van der Waals surface area (Å²) in [6.07, 6.45) is -4.65. The number of nitrogens with two attached hydrogens (primary N) is 1. The Balaban J connectivity index is 2.63. The van der Waals surface area contributed by atoms with E-state index in [2.05, 4.69) is 0 Å². The van der Waals surface area contributed by atoms with Gasteiger partial charge in [-0.05, 0) is 0 Å². The van der Waals surface area contributed by atoms with E-state index in [4.69, 9.17) is 20.8 Å². The van der Waals surface area contributed by atoms with Crippen molar-refractivity contribution >= 4 is 5.91 Å². The van der Waals surface area contributed by atoms with Gasteiger partial charge in [0.2, 0.25) is 0 Å². The molecule has 1 rings (SSSR count). The third kappa shape index (κ3) is 1.95. The van der Waals surface area contributed by atoms with Crippen molar-refractivity contribution in [2.75, 3.05) is 6.61 Å². The Morgan fingerprint density at radius 2 is 2.23 bits per heavy atom. The molecule has 6 N–H and O–H groups in total. The molecule has 3 atom stereocenters. The minimum Gasteiger partial charge on any atom is -0.388 e. The van der Waals surface area contributed by atoms with Gasteiger partial charge in [0.25, 0.3) is 5.91 Å². The van der Waals surface area contributed by atoms with E-state index in [1.54, 1.807) is 5.43 Å². The molecule has 1 aliphatic heterocycles. The minimum atomic E-state index is -1.48. The lowest BCUT2D eigenvalue weighted by Crippen LogP contribution is -2.54. The molecule has 1 fully saturated rings. The fourth-order valence-electron chi connectivity index (χ4n) is 1.01. The standard InChI is InChI=1S/C6H11N2O5/c7-8-6(12)5-4(11)3(10)2(9)1-13-5/h2-3,5,9-11H,1,7H2,(H,8,12)/t2-,3+,5-/m1/s1. The minimum absolute atomic E-state index is 0.233. The molecule has 7 nitrogen and oxygen atoms in total. The molecule has 0 aliphatic carbocycles. The molecule has 0 bridgehead atoms. The highest BCUT2D eigenvalue weighted by Crippen LogP contribution is 2.21. The van der Waals surface area contributed by atoms with E-state index in [0.717, 1.165) is 0 Å². The number of amides is 1. The van der Waals surface area contributed by atoms with Crippen molar-refractivity contribution in [1.82, 2.24) is 5.43 Å². The third-order valence-corrected chi connectivity index (χ3v) is 1.75. The predicted octanol–water partition coefficient (Wildman–Crippen LogP) is -3.00. The second-order valence-electron chi connectivity index (χ2n) is 2.66. The second kappa shape index (κ2) is 3.99. The van der Waals surface area contributed by atoms with Gasteiger partial charge in [0.15, 0.2) is 12.2 Å². The van der Waals surface area contributed by atoms with Gasteiger partial charge in [-0.1, -0.05) is 0 Å². The Kier molecular flexibility index (Phi) is 3.17. The number of nitrogens with one attached hydrogen (secondary N) is 1. The monoisotopic (exact) mass is 191 g/mol. The number of hydrogen-bond acceptors (Lipinski definition) is 6. The molecule has 1 heterocycles. The van der Waals surface area contributed by atoms with E-state index in [0.29, 0.717) is 0 Å². The average Bonchev–Trinajstić information content (AvgIpc) is 2.13. The summed E-state index contributed by atoms with van der Waals surface area (Å²) in [5.74, 6) is 4.02. The molecule has 13 heavy (non-hydrogen) atoms. The van der Waals surface area contributed by atoms with E-state index in [9.17, 15) is 9.90 Å². The third-order valence-electron chi connectivity index (χ3n) is 1.75. The maximum Gasteiger partial charge on any atom is 0.266 e. The van der Waals surface area contributed by atoms with Crippen LogP contribution in [0, 0.1) is 6.10 Å². The summed E-state index contributed by atoms with van der Waals surface area (Å²) < 4.78 is 4.74. The molecular formula is C6H11N2O5. The van der Waals surface area contributed by atoms with Gasteiger partial charge < -0.3 is 20.1 Å². The number of carbonyl (C=O) groups excluding carboxylic acids is 1. The summed E-state index contributed by atoms with van der Waals surface area (Å²) in [7, 11) is 0. The van der Waals surface area contributed by atoms with E-state index in [-0.39, 0.29) is 6.61 Å². The van der Waals surface area contributed by atoms with Gasteiger partial charge in [-0.25, -0.2) is 5.84 Å². The van der Waals surface area contributed by atoms with Crippen molar-refractivity contribution in [2.24, 2.45) is 5.84 Å². The molecule has 0 spiro atoms. The molecular weight excluding hydrogens is 180 g/mol. The van der Waals surface area contributed by atoms with Crippen molar-refractivity contribution in [3.63, 3.8) is 0 Å². The fourth-order valence-corrected chi connectivity index (χ4v) is 1.01. The Morgan fingerprint density at radius 3 is 2.77 bits per heavy atom. The Labute approximate surface area is 74.1 Å². The average molecular weight is 191 g/mol. The molecule has 75 valence electrons. The molecule has 0 unspecified atom stereocenters. The zero-order valence-electron chi connectivity index (χ0n) is 6.67. The van der Waals surface area contributed by atoms with Crippen LogP contribution >= 0.6 is 0 Å². The summed E-state index contributed by atoms with van der Waals surface area (Å²) in [6.45, 7) is -0.233. The molecule has 7 heteroatoms. The number of ether oxygens (including phenoxy) is 1. The fraction of sp³-hybridized carbons (Fsp3) is 0.667. The maximum atomic E-state index is 10.9. The van der Waals surface area contributed by atoms with Crippen LogP contribution in [-0.2, 0) is 9.53 Å². The smallest absolute Gasteiger partial charge is 0.266 e. The lowest BCUT2D eigenvalue weighted by molar-refractivity contribution is -0.162. The first-order valence-electron chi connectivity index (χ1n) is 3.61. The van der Waals surface area contributed by atoms with Crippen LogP contribution in [0.5, 0.6) is 0 Å². The predicted molar refractivity (Wildman–Crippen MR) is 39.3 cm³/mol. The summed E-state index contributed by atoms with van der Waals surface area (Å²) in [4.78, 5) is 10.9. The Hall–Kier alpha value is -0.730. The number of carbonyl (C=O) groups is 1. The van der Waals surface area contributed by atoms with Crippen molar-refractivity contribution in [2.45, 2.75) is 18.3 Å². The molecule has 1 saturated heterocycles. The topological polar surface area (TPSA) is 125 Å². The highest BCUT2D eigenvalue weighted by molar-refractivity contribution is 5.82. The van der Waals surface area contributed by atoms with Crippen LogP contribution in [0.3, 0.4) is 0 Å². The number of hydrogen-bond donors (Lipinski definition) is 5. The van der Waals surface area contributed by atoms with Crippen LogP contribution in [0.2, 0.25) is 0 Å². The quantitative estimate of drug-likeness (QED) is 0.171. The zero-order valence-corrected chi connectivity index (χ0v) is 6.67. The summed E-state index contributed by atoms with van der Waals surface area (Å²) in [5, 5.41) is 27.3. The van der Waals surface area contributed by atoms with Crippen LogP contribution in [0.1, 0.15) is 0 Å². The molecule has 0 aromatic carbocycles. The summed E-state index contributed by atoms with van der Waals surface area (Å²) in [6, 6.07) is 0. The van der Waals surface area contributed by atoms with Crippen LogP contribution in [0.15, 0.2) is 0 Å². The maximum absolute atomic E-state index is 10.9. The lowest BCUT2D eigenvalue weighted by atomic mass is 10.00. The van der Waals surface area contributed by atoms with Gasteiger partial charge in [0, 0.05) is 0 Å². The molecule has 1 radical (unpaired) electrons. The number of aliphatic hydroxyl groups excluding tert-OH is 3. The lowest BCUT2D eigenvalue weighted by Gasteiger charge is -2.32. The first-order chi connectivity index (χ1) is 6.07. The molecule has 1 aliphatic rings. The number of hydrazine groups is 1. The molecule has 0 saturated carbocycles. The van der Waals surface area contributed by atoms with E-state index < -0.39 is 30.3 Å². The highest BCUT2D eigenvalue weighted by atomic mass is 16.5. The summed E-state index contributed by atoms with van der Waals surface area (Å²) >= 11 is 0. The van der Waals surface area contributed by atoms with E-state index in [1.807, 2.05) is 0 Å². The molecule has 0 aromatic rings. The number of aliphatic hydroxyl groups is 3. The largest absolute Gasteiger partial charge is 0.388 e. The Morgan fingerprint density at radius 1 is 1.62 bits per heavy atom. The summed E-state index contributed by atoms with van der Waals surface area (Å²) in [5.41, 5.74) is 1.76. The first-order valence-corrected chi connectivity index (χ1v) is 3.61. The van der Waals surface area contributed by atoms with Gasteiger partial charge in [0.05, 0.1) is 6.61 Å². The molecule has 0 aromatic heterocycles. The van der Waals surface area contributed by atoms with Gasteiger partial charge in [-0.15, -0.1) is 0 Å². The van der Waals surface area contributed by atoms with E-state index in [1.165, 1.54) is 0 Å². The van der Waals surface area contributed by atoms with Gasteiger partial charge >= 0.3 is 0 Å². The van der Waals surface area contributed by atoms with Crippen LogP contribution in [0.4, 0.5) is 0 Å². The normalized spacial score (nSPS) is 35.8. The van der Waals surface area contributed by atoms with Gasteiger partial charge in [0.1, 0.15) is 12.2 Å². The SMILES string of the molecule is NNC(=O)[C@@H]1OC[C@@H](O)[C@H](O)[C]1O. The van der Waals surface area contributed by atoms with Crippen LogP contribution in [-0.4, -0.2) is 46.1 Å². The van der Waals surface area contributed by atoms with Gasteiger partial charge in [-0.2, -0.15) is 0 Å². The molecule has 1 amide bonds. The van der Waals surface area contributed by atoms with E-state index >= 15 is 0 Å². The van der Waals surface area contributed by atoms with Crippen molar-refractivity contribution in [1.29, 1.82) is 0 Å². The second-order valence-corrected chi connectivity index (χ2v) is 2.66.